The lowest BCUT2D eigenvalue weighted by Crippen LogP contribution is -2.21. The van der Waals surface area contributed by atoms with E-state index in [1.807, 2.05) is 0 Å². The number of nitrogens with one attached hydrogen (secondary N) is 1. The maximum atomic E-state index is 13.7. The molecule has 0 saturated heterocycles. The molecule has 1 saturated carbocycles. The van der Waals surface area contributed by atoms with Crippen molar-refractivity contribution in [3.63, 3.8) is 0 Å². The Labute approximate surface area is 104 Å². The monoisotopic (exact) mass is 254 g/mol. The van der Waals surface area contributed by atoms with Crippen molar-refractivity contribution in [2.24, 2.45) is 0 Å². The van der Waals surface area contributed by atoms with Crippen molar-refractivity contribution in [2.45, 2.75) is 38.3 Å². The average molecular weight is 254 g/mol. The van der Waals surface area contributed by atoms with Gasteiger partial charge in [0.25, 0.3) is 0 Å². The van der Waals surface area contributed by atoms with Gasteiger partial charge in [0.05, 0.1) is 11.0 Å². The van der Waals surface area contributed by atoms with Crippen LogP contribution < -0.4 is 5.48 Å². The van der Waals surface area contributed by atoms with Crippen LogP contribution in [0.4, 0.5) is 10.1 Å². The second kappa shape index (κ2) is 5.88. The van der Waals surface area contributed by atoms with Gasteiger partial charge >= 0.3 is 5.69 Å². The molecule has 0 unspecified atom stereocenters. The smallest absolute Gasteiger partial charge is 0.298 e. The second-order valence-corrected chi connectivity index (χ2v) is 4.35. The van der Waals surface area contributed by atoms with Crippen LogP contribution in [0, 0.1) is 15.9 Å². The summed E-state index contributed by atoms with van der Waals surface area (Å²) in [5.41, 5.74) is 2.42. The van der Waals surface area contributed by atoms with Crippen molar-refractivity contribution in [3.05, 3.63) is 39.7 Å². The van der Waals surface area contributed by atoms with Gasteiger partial charge in [0.2, 0.25) is 5.82 Å². The number of rotatable bonds is 5. The van der Waals surface area contributed by atoms with Crippen molar-refractivity contribution in [2.75, 3.05) is 0 Å². The Morgan fingerprint density at radius 2 is 2.17 bits per heavy atom. The number of nitrogens with zero attached hydrogens (tertiary/aromatic N) is 1. The molecule has 6 heteroatoms. The normalized spacial score (nSPS) is 16.1. The Bertz CT molecular complexity index is 433. The third-order valence-electron chi connectivity index (χ3n) is 3.07. The molecule has 2 rings (SSSR count). The molecule has 1 fully saturated rings. The highest BCUT2D eigenvalue weighted by atomic mass is 19.1. The van der Waals surface area contributed by atoms with Crippen LogP contribution in [0.25, 0.3) is 0 Å². The largest absolute Gasteiger partial charge is 0.305 e. The van der Waals surface area contributed by atoms with Gasteiger partial charge in [-0.1, -0.05) is 25.0 Å². The first kappa shape index (κ1) is 12.9. The second-order valence-electron chi connectivity index (χ2n) is 4.35. The molecule has 0 atom stereocenters. The number of nitro benzene ring substituents is 1. The molecule has 1 aromatic rings. The summed E-state index contributed by atoms with van der Waals surface area (Å²) < 4.78 is 13.7. The molecule has 0 bridgehead atoms. The molecule has 1 aromatic carbocycles. The Hall–Kier alpha value is -1.53. The molecule has 18 heavy (non-hydrogen) atoms. The van der Waals surface area contributed by atoms with Crippen LogP contribution in [-0.2, 0) is 11.4 Å². The van der Waals surface area contributed by atoms with Crippen molar-refractivity contribution in [1.29, 1.82) is 0 Å². The first-order chi connectivity index (χ1) is 8.68. The highest BCUT2D eigenvalue weighted by Crippen LogP contribution is 2.22. The van der Waals surface area contributed by atoms with Crippen LogP contribution in [0.5, 0.6) is 0 Å². The molecule has 0 aromatic heterocycles. The number of hydrogen-bond donors (Lipinski definition) is 1. The number of halogens is 1. The van der Waals surface area contributed by atoms with Crippen molar-refractivity contribution in [1.82, 2.24) is 5.48 Å². The Balaban J connectivity index is 1.92. The van der Waals surface area contributed by atoms with E-state index in [-0.39, 0.29) is 18.2 Å². The molecule has 0 radical (unpaired) electrons. The highest BCUT2D eigenvalue weighted by molar-refractivity contribution is 5.36. The van der Waals surface area contributed by atoms with Crippen LogP contribution in [0.15, 0.2) is 18.2 Å². The predicted octanol–water partition coefficient (Wildman–Crippen LogP) is 2.70. The summed E-state index contributed by atoms with van der Waals surface area (Å²) in [5.74, 6) is -0.801. The van der Waals surface area contributed by atoms with E-state index in [0.29, 0.717) is 0 Å². The number of hydroxylamine groups is 1. The summed E-state index contributed by atoms with van der Waals surface area (Å²) in [7, 11) is 0. The lowest BCUT2D eigenvalue weighted by Gasteiger charge is -2.11. The molecule has 1 aliphatic carbocycles. The van der Waals surface area contributed by atoms with E-state index < -0.39 is 16.4 Å². The van der Waals surface area contributed by atoms with Crippen molar-refractivity contribution < 1.29 is 14.2 Å². The fourth-order valence-electron chi connectivity index (χ4n) is 2.09. The summed E-state index contributed by atoms with van der Waals surface area (Å²) in [5, 5.41) is 10.6. The summed E-state index contributed by atoms with van der Waals surface area (Å²) in [6.45, 7) is 0.129. The molecule has 0 heterocycles. The van der Waals surface area contributed by atoms with Gasteiger partial charge in [0.15, 0.2) is 0 Å². The molecule has 0 amide bonds. The first-order valence-electron chi connectivity index (χ1n) is 5.99. The molecule has 0 spiro atoms. The Morgan fingerprint density at radius 1 is 1.44 bits per heavy atom. The van der Waals surface area contributed by atoms with Gasteiger partial charge in [-0.25, -0.2) is 0 Å². The van der Waals surface area contributed by atoms with Crippen LogP contribution in [0.2, 0.25) is 0 Å². The van der Waals surface area contributed by atoms with Crippen LogP contribution >= 0.6 is 0 Å². The Kier molecular flexibility index (Phi) is 4.22. The predicted molar refractivity (Wildman–Crippen MR) is 63.2 cm³/mol. The van der Waals surface area contributed by atoms with Crippen LogP contribution in [0.3, 0.4) is 0 Å². The van der Waals surface area contributed by atoms with Crippen molar-refractivity contribution >= 4 is 5.69 Å². The quantitative estimate of drug-likeness (QED) is 0.648. The maximum Gasteiger partial charge on any atom is 0.305 e. The van der Waals surface area contributed by atoms with E-state index in [0.717, 1.165) is 31.7 Å². The zero-order valence-corrected chi connectivity index (χ0v) is 9.89. The van der Waals surface area contributed by atoms with Gasteiger partial charge in [-0.05, 0) is 12.8 Å². The van der Waals surface area contributed by atoms with E-state index in [2.05, 4.69) is 5.48 Å². The number of nitro groups is 1. The SMILES string of the molecule is O=[N+]([O-])c1cccc(CNOC2CCCC2)c1F. The molecule has 5 nitrogen and oxygen atoms in total. The third-order valence-corrected chi connectivity index (χ3v) is 3.07. The summed E-state index contributed by atoms with van der Waals surface area (Å²) in [4.78, 5) is 15.2. The highest BCUT2D eigenvalue weighted by Gasteiger charge is 2.18. The first-order valence-corrected chi connectivity index (χ1v) is 5.99. The van der Waals surface area contributed by atoms with Gasteiger partial charge in [-0.3, -0.25) is 15.0 Å². The van der Waals surface area contributed by atoms with Gasteiger partial charge in [-0.2, -0.15) is 9.87 Å². The Morgan fingerprint density at radius 3 is 2.83 bits per heavy atom. The standard InChI is InChI=1S/C12H15FN2O3/c13-12-9(4-3-7-11(12)15(16)17)8-14-18-10-5-1-2-6-10/h3-4,7,10,14H,1-2,5-6,8H2. The minimum absolute atomic E-state index is 0.129. The number of hydrogen-bond acceptors (Lipinski definition) is 4. The number of benzene rings is 1. The van der Waals surface area contributed by atoms with Crippen LogP contribution in [-0.4, -0.2) is 11.0 Å². The average Bonchev–Trinajstić information content (AvgIpc) is 2.84. The molecular formula is C12H15FN2O3. The van der Waals surface area contributed by atoms with Gasteiger partial charge in [0, 0.05) is 18.2 Å². The fourth-order valence-corrected chi connectivity index (χ4v) is 2.09. The summed E-state index contributed by atoms with van der Waals surface area (Å²) in [6, 6.07) is 4.12. The topological polar surface area (TPSA) is 64.4 Å². The fraction of sp³-hybridized carbons (Fsp3) is 0.500. The van der Waals surface area contributed by atoms with Gasteiger partial charge in [-0.15, -0.1) is 0 Å². The van der Waals surface area contributed by atoms with E-state index in [4.69, 9.17) is 4.84 Å². The molecule has 0 aliphatic heterocycles. The van der Waals surface area contributed by atoms with E-state index in [1.165, 1.54) is 12.1 Å². The molecule has 98 valence electrons. The molecule has 1 aliphatic rings. The summed E-state index contributed by atoms with van der Waals surface area (Å²) >= 11 is 0. The zero-order valence-electron chi connectivity index (χ0n) is 9.89. The minimum Gasteiger partial charge on any atom is -0.298 e. The van der Waals surface area contributed by atoms with Crippen molar-refractivity contribution in [3.8, 4) is 0 Å². The third kappa shape index (κ3) is 3.02. The molecular weight excluding hydrogens is 239 g/mol. The minimum atomic E-state index is -0.801. The lowest BCUT2D eigenvalue weighted by molar-refractivity contribution is -0.387. The van der Waals surface area contributed by atoms with E-state index >= 15 is 0 Å². The van der Waals surface area contributed by atoms with E-state index in [1.54, 1.807) is 0 Å². The van der Waals surface area contributed by atoms with E-state index in [9.17, 15) is 14.5 Å². The van der Waals surface area contributed by atoms with Gasteiger partial charge < -0.3 is 0 Å². The maximum absolute atomic E-state index is 13.7. The zero-order chi connectivity index (χ0) is 13.0. The van der Waals surface area contributed by atoms with Crippen LogP contribution in [0.1, 0.15) is 31.2 Å². The lowest BCUT2D eigenvalue weighted by atomic mass is 10.2. The summed E-state index contributed by atoms with van der Waals surface area (Å²) in [6.07, 6.45) is 4.48. The molecule has 1 N–H and O–H groups in total. The van der Waals surface area contributed by atoms with Gasteiger partial charge in [0.1, 0.15) is 0 Å².